The van der Waals surface area contributed by atoms with Crippen LogP contribution in [-0.4, -0.2) is 23.9 Å². The minimum absolute atomic E-state index is 0.303. The van der Waals surface area contributed by atoms with Crippen LogP contribution in [0.5, 0.6) is 0 Å². The summed E-state index contributed by atoms with van der Waals surface area (Å²) in [6.07, 6.45) is 8.10. The summed E-state index contributed by atoms with van der Waals surface area (Å²) in [6.45, 7) is 0. The molecule has 2 heteroatoms. The largest absolute Gasteiger partial charge is 0.390 e. The van der Waals surface area contributed by atoms with E-state index in [0.29, 0.717) is 6.10 Å². The molecule has 2 aliphatic rings. The van der Waals surface area contributed by atoms with Crippen molar-refractivity contribution in [3.05, 3.63) is 0 Å². The molecule has 2 rings (SSSR count). The number of ether oxygens (including phenoxy) is 1. The SMILES string of the molecule is COC1CCCC(O)(CC2CC2)C1. The van der Waals surface area contributed by atoms with Gasteiger partial charge in [-0.25, -0.2) is 0 Å². The molecule has 1 N–H and O–H groups in total. The molecule has 0 saturated heterocycles. The molecule has 0 spiro atoms. The van der Waals surface area contributed by atoms with E-state index in [1.54, 1.807) is 7.11 Å². The molecule has 2 fully saturated rings. The Bertz CT molecular complexity index is 177. The average molecular weight is 184 g/mol. The quantitative estimate of drug-likeness (QED) is 0.728. The summed E-state index contributed by atoms with van der Waals surface area (Å²) in [5, 5.41) is 10.3. The first kappa shape index (κ1) is 9.47. The Morgan fingerprint density at radius 1 is 1.38 bits per heavy atom. The van der Waals surface area contributed by atoms with E-state index in [9.17, 15) is 5.11 Å². The van der Waals surface area contributed by atoms with Crippen LogP contribution >= 0.6 is 0 Å². The molecule has 76 valence electrons. The van der Waals surface area contributed by atoms with E-state index in [1.807, 2.05) is 0 Å². The predicted octanol–water partition coefficient (Wildman–Crippen LogP) is 2.11. The molecule has 0 amide bonds. The molecule has 0 aliphatic heterocycles. The second-order valence-electron chi connectivity index (χ2n) is 4.83. The predicted molar refractivity (Wildman–Crippen MR) is 51.6 cm³/mol. The van der Waals surface area contributed by atoms with Crippen LogP contribution in [0.2, 0.25) is 0 Å². The number of methoxy groups -OCH3 is 1. The van der Waals surface area contributed by atoms with Gasteiger partial charge in [0.1, 0.15) is 0 Å². The Hall–Kier alpha value is -0.0800. The Kier molecular flexibility index (Phi) is 2.61. The minimum atomic E-state index is -0.389. The van der Waals surface area contributed by atoms with Crippen molar-refractivity contribution >= 4 is 0 Å². The van der Waals surface area contributed by atoms with Crippen LogP contribution in [0, 0.1) is 5.92 Å². The van der Waals surface area contributed by atoms with E-state index >= 15 is 0 Å². The molecule has 0 aromatic rings. The summed E-state index contributed by atoms with van der Waals surface area (Å²) < 4.78 is 5.33. The van der Waals surface area contributed by atoms with Crippen LogP contribution in [0.4, 0.5) is 0 Å². The van der Waals surface area contributed by atoms with Gasteiger partial charge < -0.3 is 9.84 Å². The second kappa shape index (κ2) is 3.58. The molecule has 0 aromatic carbocycles. The highest BCUT2D eigenvalue weighted by atomic mass is 16.5. The molecular formula is C11H20O2. The molecule has 0 heterocycles. The summed E-state index contributed by atoms with van der Waals surface area (Å²) in [5.74, 6) is 0.820. The third-order valence-corrected chi connectivity index (χ3v) is 3.47. The fourth-order valence-electron chi connectivity index (χ4n) is 2.53. The van der Waals surface area contributed by atoms with Crippen LogP contribution in [0.1, 0.15) is 44.9 Å². The van der Waals surface area contributed by atoms with Crippen molar-refractivity contribution in [2.75, 3.05) is 7.11 Å². The molecule has 2 unspecified atom stereocenters. The van der Waals surface area contributed by atoms with E-state index in [1.165, 1.54) is 12.8 Å². The van der Waals surface area contributed by atoms with Crippen molar-refractivity contribution in [1.29, 1.82) is 0 Å². The van der Waals surface area contributed by atoms with E-state index in [-0.39, 0.29) is 5.60 Å². The van der Waals surface area contributed by atoms with Crippen molar-refractivity contribution in [1.82, 2.24) is 0 Å². The normalized spacial score (nSPS) is 40.6. The lowest BCUT2D eigenvalue weighted by Gasteiger charge is -2.36. The molecule has 2 saturated carbocycles. The molecule has 2 atom stereocenters. The zero-order valence-electron chi connectivity index (χ0n) is 8.46. The lowest BCUT2D eigenvalue weighted by molar-refractivity contribution is -0.0662. The third-order valence-electron chi connectivity index (χ3n) is 3.47. The molecule has 0 aromatic heterocycles. The van der Waals surface area contributed by atoms with Gasteiger partial charge >= 0.3 is 0 Å². The zero-order valence-corrected chi connectivity index (χ0v) is 8.46. The fraction of sp³-hybridized carbons (Fsp3) is 1.00. The second-order valence-corrected chi connectivity index (χ2v) is 4.83. The summed E-state index contributed by atoms with van der Waals surface area (Å²) in [4.78, 5) is 0. The smallest absolute Gasteiger partial charge is 0.0675 e. The third kappa shape index (κ3) is 2.44. The maximum Gasteiger partial charge on any atom is 0.0675 e. The van der Waals surface area contributed by atoms with Gasteiger partial charge in [0, 0.05) is 13.5 Å². The average Bonchev–Trinajstić information content (AvgIpc) is 2.87. The van der Waals surface area contributed by atoms with Gasteiger partial charge in [0.15, 0.2) is 0 Å². The van der Waals surface area contributed by atoms with Crippen LogP contribution in [-0.2, 0) is 4.74 Å². The minimum Gasteiger partial charge on any atom is -0.390 e. The Labute approximate surface area is 80.3 Å². The fourth-order valence-corrected chi connectivity index (χ4v) is 2.53. The summed E-state index contributed by atoms with van der Waals surface area (Å²) >= 11 is 0. The van der Waals surface area contributed by atoms with Gasteiger partial charge in [0.2, 0.25) is 0 Å². The molecular weight excluding hydrogens is 164 g/mol. The van der Waals surface area contributed by atoms with Gasteiger partial charge in [0.05, 0.1) is 11.7 Å². The number of hydrogen-bond acceptors (Lipinski definition) is 2. The first-order valence-electron chi connectivity index (χ1n) is 5.47. The maximum absolute atomic E-state index is 10.3. The molecule has 0 bridgehead atoms. The molecule has 0 radical (unpaired) electrons. The molecule has 13 heavy (non-hydrogen) atoms. The Morgan fingerprint density at radius 3 is 2.77 bits per heavy atom. The topological polar surface area (TPSA) is 29.5 Å². The number of hydrogen-bond donors (Lipinski definition) is 1. The van der Waals surface area contributed by atoms with E-state index < -0.39 is 0 Å². The lowest BCUT2D eigenvalue weighted by Crippen LogP contribution is -2.38. The standard InChI is InChI=1S/C11H20O2/c1-13-10-3-2-6-11(12,8-10)7-9-4-5-9/h9-10,12H,2-8H2,1H3. The highest BCUT2D eigenvalue weighted by Gasteiger charge is 2.39. The summed E-state index contributed by atoms with van der Waals surface area (Å²) in [7, 11) is 1.76. The van der Waals surface area contributed by atoms with Gasteiger partial charge in [0.25, 0.3) is 0 Å². The van der Waals surface area contributed by atoms with Crippen LogP contribution in [0.3, 0.4) is 0 Å². The van der Waals surface area contributed by atoms with Crippen molar-refractivity contribution in [3.63, 3.8) is 0 Å². The first-order valence-corrected chi connectivity index (χ1v) is 5.47. The first-order chi connectivity index (χ1) is 6.22. The van der Waals surface area contributed by atoms with Crippen LogP contribution in [0.15, 0.2) is 0 Å². The number of aliphatic hydroxyl groups is 1. The lowest BCUT2D eigenvalue weighted by atomic mass is 9.79. The van der Waals surface area contributed by atoms with Gasteiger partial charge in [-0.1, -0.05) is 12.8 Å². The van der Waals surface area contributed by atoms with Crippen molar-refractivity contribution in [2.45, 2.75) is 56.7 Å². The number of rotatable bonds is 3. The molecule has 2 nitrogen and oxygen atoms in total. The van der Waals surface area contributed by atoms with Gasteiger partial charge in [-0.2, -0.15) is 0 Å². The maximum atomic E-state index is 10.3. The molecule has 2 aliphatic carbocycles. The van der Waals surface area contributed by atoms with Crippen molar-refractivity contribution in [2.24, 2.45) is 5.92 Å². The highest BCUT2D eigenvalue weighted by Crippen LogP contribution is 2.42. The van der Waals surface area contributed by atoms with E-state index in [0.717, 1.165) is 38.0 Å². The summed E-state index contributed by atoms with van der Waals surface area (Å²) in [5.41, 5.74) is -0.389. The monoisotopic (exact) mass is 184 g/mol. The van der Waals surface area contributed by atoms with Gasteiger partial charge in [-0.05, 0) is 31.6 Å². The van der Waals surface area contributed by atoms with Crippen LogP contribution < -0.4 is 0 Å². The Morgan fingerprint density at radius 2 is 2.15 bits per heavy atom. The van der Waals surface area contributed by atoms with Crippen molar-refractivity contribution in [3.8, 4) is 0 Å². The van der Waals surface area contributed by atoms with Gasteiger partial charge in [-0.3, -0.25) is 0 Å². The van der Waals surface area contributed by atoms with Crippen LogP contribution in [0.25, 0.3) is 0 Å². The summed E-state index contributed by atoms with van der Waals surface area (Å²) in [6, 6.07) is 0. The van der Waals surface area contributed by atoms with Gasteiger partial charge in [-0.15, -0.1) is 0 Å². The van der Waals surface area contributed by atoms with E-state index in [4.69, 9.17) is 4.74 Å². The van der Waals surface area contributed by atoms with E-state index in [2.05, 4.69) is 0 Å². The van der Waals surface area contributed by atoms with Crippen molar-refractivity contribution < 1.29 is 9.84 Å². The highest BCUT2D eigenvalue weighted by molar-refractivity contribution is 4.91. The zero-order chi connectivity index (χ0) is 9.31. The Balaban J connectivity index is 1.87.